The summed E-state index contributed by atoms with van der Waals surface area (Å²) in [7, 11) is 0. The second kappa shape index (κ2) is 6.76. The van der Waals surface area contributed by atoms with E-state index in [1.54, 1.807) is 30.3 Å². The number of oxazole rings is 1. The third-order valence-electron chi connectivity index (χ3n) is 4.13. The van der Waals surface area contributed by atoms with Crippen molar-refractivity contribution in [3.63, 3.8) is 0 Å². The summed E-state index contributed by atoms with van der Waals surface area (Å²) in [6.07, 6.45) is 3.86. The summed E-state index contributed by atoms with van der Waals surface area (Å²) in [5.74, 6) is -0.886. The van der Waals surface area contributed by atoms with Crippen molar-refractivity contribution in [2.75, 3.05) is 6.61 Å². The zero-order valence-electron chi connectivity index (χ0n) is 13.9. The predicted molar refractivity (Wildman–Crippen MR) is 96.5 cm³/mol. The van der Waals surface area contributed by atoms with Gasteiger partial charge in [-0.3, -0.25) is 4.57 Å². The quantitative estimate of drug-likeness (QED) is 0.519. The van der Waals surface area contributed by atoms with Gasteiger partial charge in [-0.05, 0) is 48.5 Å². The van der Waals surface area contributed by atoms with Crippen molar-refractivity contribution >= 4 is 17.1 Å². The minimum absolute atomic E-state index is 0.0849. The molecular formula is C20H16N2O4. The number of hydrogen-bond acceptors (Lipinski definition) is 4. The maximum atomic E-state index is 12.2. The molecule has 0 atom stereocenters. The lowest BCUT2D eigenvalue weighted by molar-refractivity contribution is 0.0490. The van der Waals surface area contributed by atoms with Gasteiger partial charge in [0.1, 0.15) is 6.61 Å². The number of carbonyl (C=O) groups is 1. The first-order chi connectivity index (χ1) is 12.7. The summed E-state index contributed by atoms with van der Waals surface area (Å²) in [4.78, 5) is 24.1. The Balaban J connectivity index is 1.41. The van der Waals surface area contributed by atoms with Crippen LogP contribution in [0.4, 0.5) is 0 Å². The third-order valence-corrected chi connectivity index (χ3v) is 4.13. The van der Waals surface area contributed by atoms with Gasteiger partial charge in [-0.25, -0.2) is 9.59 Å². The molecule has 0 bridgehead atoms. The average Bonchev–Trinajstić information content (AvgIpc) is 3.30. The highest BCUT2D eigenvalue weighted by molar-refractivity contribution is 5.89. The summed E-state index contributed by atoms with van der Waals surface area (Å²) < 4.78 is 13.8. The molecule has 0 amide bonds. The van der Waals surface area contributed by atoms with Gasteiger partial charge in [0, 0.05) is 18.1 Å². The molecule has 0 spiro atoms. The average molecular weight is 348 g/mol. The summed E-state index contributed by atoms with van der Waals surface area (Å²) in [6.45, 7) is 0.324. The van der Waals surface area contributed by atoms with E-state index >= 15 is 0 Å². The van der Waals surface area contributed by atoms with Crippen molar-refractivity contribution in [2.24, 2.45) is 0 Å². The molecule has 6 heteroatoms. The fourth-order valence-electron chi connectivity index (χ4n) is 2.81. The summed E-state index contributed by atoms with van der Waals surface area (Å²) in [5, 5.41) is 0. The highest BCUT2D eigenvalue weighted by Gasteiger charge is 2.11. The molecule has 0 aliphatic heterocycles. The fraction of sp³-hybridized carbons (Fsp3) is 0.100. The first kappa shape index (κ1) is 16.0. The largest absolute Gasteiger partial charge is 0.460 e. The maximum Gasteiger partial charge on any atom is 0.420 e. The molecule has 0 radical (unpaired) electrons. The Kier molecular flexibility index (Phi) is 4.15. The molecular weight excluding hydrogens is 332 g/mol. The molecule has 4 rings (SSSR count). The van der Waals surface area contributed by atoms with Crippen molar-refractivity contribution in [1.29, 1.82) is 0 Å². The molecule has 0 aliphatic rings. The van der Waals surface area contributed by atoms with Crippen LogP contribution in [0.15, 0.2) is 82.3 Å². The zero-order chi connectivity index (χ0) is 17.9. The van der Waals surface area contributed by atoms with Gasteiger partial charge in [0.05, 0.1) is 17.6 Å². The number of aromatic nitrogens is 2. The topological polar surface area (TPSA) is 66.4 Å². The van der Waals surface area contributed by atoms with Gasteiger partial charge in [-0.2, -0.15) is 0 Å². The molecule has 2 aromatic carbocycles. The number of fused-ring (bicyclic) bond motifs is 1. The van der Waals surface area contributed by atoms with Crippen LogP contribution in [-0.4, -0.2) is 21.7 Å². The third kappa shape index (κ3) is 3.04. The minimum Gasteiger partial charge on any atom is -0.460 e. The Bertz CT molecular complexity index is 1090. The van der Waals surface area contributed by atoms with Crippen LogP contribution in [0, 0.1) is 0 Å². The van der Waals surface area contributed by atoms with Gasteiger partial charge in [0.25, 0.3) is 0 Å². The molecule has 0 saturated heterocycles. The van der Waals surface area contributed by atoms with Crippen molar-refractivity contribution < 1.29 is 13.9 Å². The van der Waals surface area contributed by atoms with Gasteiger partial charge >= 0.3 is 11.7 Å². The second-order valence-electron chi connectivity index (χ2n) is 5.76. The molecule has 6 nitrogen and oxygen atoms in total. The van der Waals surface area contributed by atoms with E-state index in [9.17, 15) is 9.59 Å². The standard InChI is InChI=1S/C20H16N2O4/c23-19(15-7-9-16(10-8-15)21-11-3-4-12-21)25-14-13-22-17-5-1-2-6-18(17)26-20(22)24/h1-12H,13-14H2. The number of carbonyl (C=O) groups excluding carboxylic acids is 1. The highest BCUT2D eigenvalue weighted by atomic mass is 16.5. The SMILES string of the molecule is O=C(OCCn1c(=O)oc2ccccc21)c1ccc(-n2cccc2)cc1. The predicted octanol–water partition coefficient (Wildman–Crippen LogP) is 3.24. The van der Waals surface area contributed by atoms with Crippen LogP contribution in [0.1, 0.15) is 10.4 Å². The molecule has 0 aliphatic carbocycles. The lowest BCUT2D eigenvalue weighted by Gasteiger charge is -2.07. The number of benzene rings is 2. The van der Waals surface area contributed by atoms with Gasteiger partial charge < -0.3 is 13.7 Å². The van der Waals surface area contributed by atoms with Crippen LogP contribution in [0.2, 0.25) is 0 Å². The molecule has 26 heavy (non-hydrogen) atoms. The van der Waals surface area contributed by atoms with Crippen LogP contribution in [-0.2, 0) is 11.3 Å². The van der Waals surface area contributed by atoms with E-state index in [1.165, 1.54) is 4.57 Å². The molecule has 0 fully saturated rings. The van der Waals surface area contributed by atoms with Crippen LogP contribution in [0.5, 0.6) is 0 Å². The lowest BCUT2D eigenvalue weighted by Crippen LogP contribution is -2.19. The summed E-state index contributed by atoms with van der Waals surface area (Å²) in [6, 6.07) is 18.2. The first-order valence-corrected chi connectivity index (χ1v) is 8.21. The van der Waals surface area contributed by atoms with E-state index in [0.717, 1.165) is 5.69 Å². The van der Waals surface area contributed by atoms with Gasteiger partial charge in [-0.1, -0.05) is 12.1 Å². The Labute approximate surface area is 148 Å². The number of hydrogen-bond donors (Lipinski definition) is 0. The molecule has 0 N–H and O–H groups in total. The van der Waals surface area contributed by atoms with E-state index in [-0.39, 0.29) is 13.2 Å². The molecule has 2 aromatic heterocycles. The Morgan fingerprint density at radius 3 is 2.46 bits per heavy atom. The summed E-state index contributed by atoms with van der Waals surface area (Å²) >= 11 is 0. The first-order valence-electron chi connectivity index (χ1n) is 8.21. The molecule has 0 unspecified atom stereocenters. The number of nitrogens with zero attached hydrogens (tertiary/aromatic N) is 2. The number of esters is 1. The molecule has 130 valence electrons. The maximum absolute atomic E-state index is 12.2. The molecule has 0 saturated carbocycles. The van der Waals surface area contributed by atoms with E-state index in [2.05, 4.69) is 0 Å². The van der Waals surface area contributed by atoms with Crippen LogP contribution in [0.25, 0.3) is 16.8 Å². The van der Waals surface area contributed by atoms with E-state index in [4.69, 9.17) is 9.15 Å². The minimum atomic E-state index is -0.460. The summed E-state index contributed by atoms with van der Waals surface area (Å²) in [5.41, 5.74) is 2.63. The van der Waals surface area contributed by atoms with E-state index < -0.39 is 11.7 Å². The fourth-order valence-corrected chi connectivity index (χ4v) is 2.81. The van der Waals surface area contributed by atoms with E-state index in [1.807, 2.05) is 47.3 Å². The Morgan fingerprint density at radius 1 is 0.962 bits per heavy atom. The second-order valence-corrected chi connectivity index (χ2v) is 5.76. The Morgan fingerprint density at radius 2 is 1.69 bits per heavy atom. The smallest absolute Gasteiger partial charge is 0.420 e. The van der Waals surface area contributed by atoms with Crippen molar-refractivity contribution in [2.45, 2.75) is 6.54 Å². The van der Waals surface area contributed by atoms with Crippen LogP contribution < -0.4 is 5.76 Å². The Hall–Kier alpha value is -3.54. The van der Waals surface area contributed by atoms with Gasteiger partial charge in [-0.15, -0.1) is 0 Å². The monoisotopic (exact) mass is 348 g/mol. The molecule has 4 aromatic rings. The number of para-hydroxylation sites is 2. The van der Waals surface area contributed by atoms with Crippen molar-refractivity contribution in [3.05, 3.63) is 89.2 Å². The van der Waals surface area contributed by atoms with Gasteiger partial charge in [0.15, 0.2) is 5.58 Å². The molecule has 2 heterocycles. The lowest BCUT2D eigenvalue weighted by atomic mass is 10.2. The number of rotatable bonds is 5. The van der Waals surface area contributed by atoms with Crippen LogP contribution >= 0.6 is 0 Å². The van der Waals surface area contributed by atoms with Gasteiger partial charge in [0.2, 0.25) is 0 Å². The van der Waals surface area contributed by atoms with Crippen molar-refractivity contribution in [1.82, 2.24) is 9.13 Å². The zero-order valence-corrected chi connectivity index (χ0v) is 13.9. The normalized spacial score (nSPS) is 10.9. The van der Waals surface area contributed by atoms with E-state index in [0.29, 0.717) is 16.7 Å². The van der Waals surface area contributed by atoms with Crippen LogP contribution in [0.3, 0.4) is 0 Å². The van der Waals surface area contributed by atoms with Crippen molar-refractivity contribution in [3.8, 4) is 5.69 Å². The highest BCUT2D eigenvalue weighted by Crippen LogP contribution is 2.13. The number of ether oxygens (including phenoxy) is 1.